The Morgan fingerprint density at radius 2 is 1.89 bits per heavy atom. The van der Waals surface area contributed by atoms with Gasteiger partial charge in [0, 0.05) is 25.5 Å². The fraction of sp³-hybridized carbons (Fsp3) is 0.444. The van der Waals surface area contributed by atoms with Crippen LogP contribution in [-0.4, -0.2) is 60.8 Å². The van der Waals surface area contributed by atoms with E-state index in [0.717, 1.165) is 46.3 Å². The van der Waals surface area contributed by atoms with Crippen LogP contribution in [0.25, 0.3) is 22.0 Å². The predicted molar refractivity (Wildman–Crippen MR) is 140 cm³/mol. The highest BCUT2D eigenvalue weighted by atomic mass is 16.6. The smallest absolute Gasteiger partial charge is 0.407 e. The second-order valence-corrected chi connectivity index (χ2v) is 9.27. The average molecular weight is 511 g/mol. The van der Waals surface area contributed by atoms with Gasteiger partial charge in [0.2, 0.25) is 5.91 Å². The highest BCUT2D eigenvalue weighted by Crippen LogP contribution is 2.37. The number of rotatable bonds is 9. The van der Waals surface area contributed by atoms with Crippen molar-refractivity contribution >= 4 is 28.6 Å². The summed E-state index contributed by atoms with van der Waals surface area (Å²) in [7, 11) is 0. The summed E-state index contributed by atoms with van der Waals surface area (Å²) < 4.78 is 22.9. The number of aromatic amines is 1. The van der Waals surface area contributed by atoms with Gasteiger partial charge in [0.25, 0.3) is 0 Å². The van der Waals surface area contributed by atoms with E-state index >= 15 is 0 Å². The van der Waals surface area contributed by atoms with Crippen molar-refractivity contribution in [2.24, 2.45) is 0 Å². The molecule has 10 heteroatoms. The Labute approximate surface area is 216 Å². The summed E-state index contributed by atoms with van der Waals surface area (Å²) >= 11 is 0. The largest absolute Gasteiger partial charge is 0.490 e. The van der Waals surface area contributed by atoms with E-state index in [2.05, 4.69) is 20.8 Å². The number of aryl methyl sites for hydroxylation is 1. The van der Waals surface area contributed by atoms with E-state index in [-0.39, 0.29) is 31.3 Å². The molecule has 0 aliphatic carbocycles. The molecule has 0 saturated carbocycles. The molecule has 2 aromatic carbocycles. The van der Waals surface area contributed by atoms with Crippen LogP contribution in [0.5, 0.6) is 11.5 Å². The molecule has 0 spiro atoms. The normalized spacial score (nSPS) is 14.0. The highest BCUT2D eigenvalue weighted by molar-refractivity contribution is 5.94. The van der Waals surface area contributed by atoms with Gasteiger partial charge in [-0.05, 0) is 56.2 Å². The molecule has 1 aliphatic heterocycles. The number of alkyl carbamates (subject to hydrolysis) is 1. The Kier molecular flexibility index (Phi) is 8.50. The maximum absolute atomic E-state index is 11.7. The number of hydrogen-bond acceptors (Lipinski definition) is 7. The van der Waals surface area contributed by atoms with Crippen molar-refractivity contribution in [3.63, 3.8) is 0 Å². The Morgan fingerprint density at radius 3 is 2.62 bits per heavy atom. The number of fused-ring (bicyclic) bond motifs is 1. The first-order valence-corrected chi connectivity index (χ1v) is 12.5. The fourth-order valence-corrected chi connectivity index (χ4v) is 4.18. The van der Waals surface area contributed by atoms with Gasteiger partial charge in [-0.15, -0.1) is 0 Å². The van der Waals surface area contributed by atoms with Gasteiger partial charge in [0.15, 0.2) is 0 Å². The molecule has 10 nitrogen and oxygen atoms in total. The molecule has 3 aromatic rings. The minimum atomic E-state index is -0.505. The quantitative estimate of drug-likeness (QED) is 0.360. The molecule has 37 heavy (non-hydrogen) atoms. The number of nitrogens with zero attached hydrogens (tertiary/aromatic N) is 1. The van der Waals surface area contributed by atoms with Crippen LogP contribution in [0, 0.1) is 6.92 Å². The number of nitrogens with one attached hydrogen (secondary N) is 3. The maximum Gasteiger partial charge on any atom is 0.407 e. The number of carbonyl (C=O) groups excluding carboxylic acids is 2. The first kappa shape index (κ1) is 26.3. The molecule has 1 aliphatic rings. The average Bonchev–Trinajstić information content (AvgIpc) is 3.23. The molecule has 1 aromatic heterocycles. The lowest BCUT2D eigenvalue weighted by atomic mass is 10.0. The third kappa shape index (κ3) is 6.91. The number of anilines is 1. The van der Waals surface area contributed by atoms with Crippen LogP contribution in [-0.2, 0) is 14.3 Å². The lowest BCUT2D eigenvalue weighted by molar-refractivity contribution is -0.114. The van der Waals surface area contributed by atoms with E-state index in [0.29, 0.717) is 24.7 Å². The zero-order valence-corrected chi connectivity index (χ0v) is 21.7. The Morgan fingerprint density at radius 1 is 1.14 bits per heavy atom. The van der Waals surface area contributed by atoms with Crippen molar-refractivity contribution in [3.8, 4) is 22.6 Å². The number of amides is 2. The molecule has 2 amide bonds. The van der Waals surface area contributed by atoms with Gasteiger partial charge in [0.1, 0.15) is 24.2 Å². The van der Waals surface area contributed by atoms with Crippen molar-refractivity contribution in [2.45, 2.75) is 52.7 Å². The number of aromatic nitrogens is 2. The standard InChI is InChI=1S/C27H34N4O6/c1-16(2)36-27(33)28-9-12-35-24-14-19(5-6-22(24)29-18(4)32)20-13-23-26(17(3)30-31-23)25(15-20)37-21-7-10-34-11-8-21/h5-6,13-16,21H,7-12H2,1-4H3,(H,28,33)(H,29,32)(H,30,31). The number of hydrogen-bond donors (Lipinski definition) is 3. The molecular formula is C27H34N4O6. The minimum Gasteiger partial charge on any atom is -0.490 e. The zero-order valence-electron chi connectivity index (χ0n) is 21.7. The third-order valence-corrected chi connectivity index (χ3v) is 5.86. The molecule has 0 bridgehead atoms. The van der Waals surface area contributed by atoms with Gasteiger partial charge in [-0.25, -0.2) is 4.79 Å². The van der Waals surface area contributed by atoms with Gasteiger partial charge in [-0.2, -0.15) is 5.10 Å². The summed E-state index contributed by atoms with van der Waals surface area (Å²) in [6.45, 7) is 8.79. The van der Waals surface area contributed by atoms with Crippen LogP contribution in [0.15, 0.2) is 30.3 Å². The van der Waals surface area contributed by atoms with Crippen LogP contribution in [0.2, 0.25) is 0 Å². The SMILES string of the molecule is CC(=O)Nc1ccc(-c2cc(OC3CCOCC3)c3c(C)[nH]nc3c2)cc1OCCNC(=O)OC(C)C. The van der Waals surface area contributed by atoms with Crippen LogP contribution >= 0.6 is 0 Å². The molecule has 3 N–H and O–H groups in total. The second kappa shape index (κ2) is 12.0. The van der Waals surface area contributed by atoms with Gasteiger partial charge >= 0.3 is 6.09 Å². The lowest BCUT2D eigenvalue weighted by Crippen LogP contribution is -2.30. The van der Waals surface area contributed by atoms with Crippen LogP contribution in [0.4, 0.5) is 10.5 Å². The summed E-state index contributed by atoms with van der Waals surface area (Å²) in [5, 5.41) is 13.9. The zero-order chi connectivity index (χ0) is 26.4. The van der Waals surface area contributed by atoms with Crippen molar-refractivity contribution < 1.29 is 28.5 Å². The number of H-pyrrole nitrogens is 1. The van der Waals surface area contributed by atoms with Crippen molar-refractivity contribution in [1.29, 1.82) is 0 Å². The summed E-state index contributed by atoms with van der Waals surface area (Å²) in [4.78, 5) is 23.5. The van der Waals surface area contributed by atoms with E-state index < -0.39 is 6.09 Å². The molecule has 4 rings (SSSR count). The molecule has 1 fully saturated rings. The van der Waals surface area contributed by atoms with Crippen LogP contribution in [0.1, 0.15) is 39.3 Å². The Bertz CT molecular complexity index is 1250. The van der Waals surface area contributed by atoms with E-state index in [1.165, 1.54) is 6.92 Å². The first-order valence-electron chi connectivity index (χ1n) is 12.5. The minimum absolute atomic E-state index is 0.0809. The van der Waals surface area contributed by atoms with E-state index in [1.54, 1.807) is 19.9 Å². The highest BCUT2D eigenvalue weighted by Gasteiger charge is 2.20. The monoisotopic (exact) mass is 510 g/mol. The Hall–Kier alpha value is -3.79. The topological polar surface area (TPSA) is 124 Å². The van der Waals surface area contributed by atoms with E-state index in [9.17, 15) is 9.59 Å². The van der Waals surface area contributed by atoms with Crippen molar-refractivity contribution in [3.05, 3.63) is 36.0 Å². The number of ether oxygens (including phenoxy) is 4. The molecule has 0 unspecified atom stereocenters. The van der Waals surface area contributed by atoms with E-state index in [4.69, 9.17) is 18.9 Å². The molecule has 198 valence electrons. The third-order valence-electron chi connectivity index (χ3n) is 5.86. The van der Waals surface area contributed by atoms with Crippen molar-refractivity contribution in [2.75, 3.05) is 31.7 Å². The first-order chi connectivity index (χ1) is 17.8. The van der Waals surface area contributed by atoms with Gasteiger partial charge in [-0.3, -0.25) is 9.89 Å². The molecule has 1 saturated heterocycles. The summed E-state index contributed by atoms with van der Waals surface area (Å²) in [6, 6.07) is 9.58. The van der Waals surface area contributed by atoms with Crippen LogP contribution in [0.3, 0.4) is 0 Å². The number of benzene rings is 2. The molecule has 0 atom stereocenters. The Balaban J connectivity index is 1.59. The second-order valence-electron chi connectivity index (χ2n) is 9.27. The van der Waals surface area contributed by atoms with Gasteiger partial charge in [-0.1, -0.05) is 6.07 Å². The molecule has 2 heterocycles. The molecular weight excluding hydrogens is 476 g/mol. The summed E-state index contributed by atoms with van der Waals surface area (Å²) in [5.41, 5.74) is 4.06. The van der Waals surface area contributed by atoms with Crippen molar-refractivity contribution in [1.82, 2.24) is 15.5 Å². The fourth-order valence-electron chi connectivity index (χ4n) is 4.18. The number of carbonyl (C=O) groups is 2. The van der Waals surface area contributed by atoms with Gasteiger partial charge < -0.3 is 29.6 Å². The van der Waals surface area contributed by atoms with Crippen LogP contribution < -0.4 is 20.1 Å². The predicted octanol–water partition coefficient (Wildman–Crippen LogP) is 4.57. The lowest BCUT2D eigenvalue weighted by Gasteiger charge is -2.24. The maximum atomic E-state index is 11.7. The van der Waals surface area contributed by atoms with Gasteiger partial charge in [0.05, 0.1) is 42.5 Å². The van der Waals surface area contributed by atoms with E-state index in [1.807, 2.05) is 31.2 Å². The summed E-state index contributed by atoms with van der Waals surface area (Å²) in [5.74, 6) is 1.04. The molecule has 0 radical (unpaired) electrons. The summed E-state index contributed by atoms with van der Waals surface area (Å²) in [6.07, 6.45) is 1.04.